The minimum absolute atomic E-state index is 0.101. The normalized spacial score (nSPS) is 12.6. The molecule has 0 aromatic heterocycles. The number of rotatable bonds is 5. The Hall–Kier alpha value is -2.20. The fourth-order valence-electron chi connectivity index (χ4n) is 3.07. The standard InChI is InChI=1S/C19H20ClNO3/c1-23-17-11-16(18(24-2)10-15(17)20)21-19(22)9-12-6-7-13-4-3-5-14(13)8-12/h6-8,10-11H,3-5,9H2,1-2H3,(H,21,22). The maximum absolute atomic E-state index is 12.4. The highest BCUT2D eigenvalue weighted by molar-refractivity contribution is 6.32. The topological polar surface area (TPSA) is 47.6 Å². The third-order valence-electron chi connectivity index (χ3n) is 4.28. The first-order valence-corrected chi connectivity index (χ1v) is 8.30. The number of aryl methyl sites for hydroxylation is 2. The monoisotopic (exact) mass is 345 g/mol. The highest BCUT2D eigenvalue weighted by atomic mass is 35.5. The van der Waals surface area contributed by atoms with Gasteiger partial charge in [0.05, 0.1) is 31.4 Å². The lowest BCUT2D eigenvalue weighted by atomic mass is 10.0. The second kappa shape index (κ2) is 7.14. The fourth-order valence-corrected chi connectivity index (χ4v) is 3.30. The summed E-state index contributed by atoms with van der Waals surface area (Å²) in [6.07, 6.45) is 3.77. The number of ether oxygens (including phenoxy) is 2. The van der Waals surface area contributed by atoms with E-state index in [-0.39, 0.29) is 5.91 Å². The quantitative estimate of drug-likeness (QED) is 0.890. The molecule has 0 saturated carbocycles. The molecule has 2 aromatic rings. The van der Waals surface area contributed by atoms with E-state index in [9.17, 15) is 4.79 Å². The molecule has 0 unspecified atom stereocenters. The summed E-state index contributed by atoms with van der Waals surface area (Å²) in [7, 11) is 3.07. The van der Waals surface area contributed by atoms with Crippen LogP contribution in [0.15, 0.2) is 30.3 Å². The second-order valence-corrected chi connectivity index (χ2v) is 6.28. The highest BCUT2D eigenvalue weighted by Gasteiger charge is 2.15. The van der Waals surface area contributed by atoms with Gasteiger partial charge in [-0.25, -0.2) is 0 Å². The van der Waals surface area contributed by atoms with E-state index in [1.54, 1.807) is 12.1 Å². The van der Waals surface area contributed by atoms with Crippen LogP contribution in [0.1, 0.15) is 23.1 Å². The molecule has 24 heavy (non-hydrogen) atoms. The van der Waals surface area contributed by atoms with Gasteiger partial charge in [0.15, 0.2) is 0 Å². The summed E-state index contributed by atoms with van der Waals surface area (Å²) in [6, 6.07) is 9.61. The highest BCUT2D eigenvalue weighted by Crippen LogP contribution is 2.36. The van der Waals surface area contributed by atoms with Crippen LogP contribution in [0.3, 0.4) is 0 Å². The molecule has 1 aliphatic carbocycles. The van der Waals surface area contributed by atoms with Gasteiger partial charge in [-0.1, -0.05) is 29.8 Å². The van der Waals surface area contributed by atoms with E-state index in [1.807, 2.05) is 6.07 Å². The number of halogens is 1. The minimum atomic E-state index is -0.101. The van der Waals surface area contributed by atoms with Gasteiger partial charge in [0.2, 0.25) is 5.91 Å². The summed E-state index contributed by atoms with van der Waals surface area (Å²) in [6.45, 7) is 0. The van der Waals surface area contributed by atoms with E-state index in [4.69, 9.17) is 21.1 Å². The summed E-state index contributed by atoms with van der Waals surface area (Å²) >= 11 is 6.08. The lowest BCUT2D eigenvalue weighted by molar-refractivity contribution is -0.115. The zero-order chi connectivity index (χ0) is 17.1. The molecule has 0 atom stereocenters. The van der Waals surface area contributed by atoms with Crippen molar-refractivity contribution in [1.82, 2.24) is 0 Å². The summed E-state index contributed by atoms with van der Waals surface area (Å²) < 4.78 is 10.5. The van der Waals surface area contributed by atoms with Gasteiger partial charge in [0.25, 0.3) is 0 Å². The summed E-state index contributed by atoms with van der Waals surface area (Å²) in [4.78, 5) is 12.4. The molecular formula is C19H20ClNO3. The Morgan fingerprint density at radius 2 is 1.83 bits per heavy atom. The van der Waals surface area contributed by atoms with Gasteiger partial charge in [-0.3, -0.25) is 4.79 Å². The smallest absolute Gasteiger partial charge is 0.228 e. The Bertz CT molecular complexity index is 773. The Morgan fingerprint density at radius 1 is 1.08 bits per heavy atom. The average Bonchev–Trinajstić information content (AvgIpc) is 3.03. The van der Waals surface area contributed by atoms with Crippen LogP contribution in [0, 0.1) is 0 Å². The molecular weight excluding hydrogens is 326 g/mol. The molecule has 5 heteroatoms. The van der Waals surface area contributed by atoms with Crippen LogP contribution in [0.4, 0.5) is 5.69 Å². The largest absolute Gasteiger partial charge is 0.495 e. The maximum atomic E-state index is 12.4. The van der Waals surface area contributed by atoms with E-state index in [1.165, 1.54) is 31.8 Å². The molecule has 0 fully saturated rings. The third-order valence-corrected chi connectivity index (χ3v) is 4.57. The summed E-state index contributed by atoms with van der Waals surface area (Å²) in [5.74, 6) is 0.893. The molecule has 1 amide bonds. The van der Waals surface area contributed by atoms with Crippen molar-refractivity contribution < 1.29 is 14.3 Å². The Kier molecular flexibility index (Phi) is 4.95. The maximum Gasteiger partial charge on any atom is 0.228 e. The predicted octanol–water partition coefficient (Wildman–Crippen LogP) is 4.03. The molecule has 0 radical (unpaired) electrons. The van der Waals surface area contributed by atoms with Crippen molar-refractivity contribution in [1.29, 1.82) is 0 Å². The van der Waals surface area contributed by atoms with Crippen molar-refractivity contribution in [2.45, 2.75) is 25.7 Å². The van der Waals surface area contributed by atoms with Gasteiger partial charge >= 0.3 is 0 Å². The third kappa shape index (κ3) is 3.49. The number of nitrogens with one attached hydrogen (secondary N) is 1. The lowest BCUT2D eigenvalue weighted by Crippen LogP contribution is -2.15. The Balaban J connectivity index is 1.75. The Morgan fingerprint density at radius 3 is 2.58 bits per heavy atom. The molecule has 0 bridgehead atoms. The number of carbonyl (C=O) groups excluding carboxylic acids is 1. The van der Waals surface area contributed by atoms with Gasteiger partial charge in [0.1, 0.15) is 11.5 Å². The molecule has 1 N–H and O–H groups in total. The fraction of sp³-hybridized carbons (Fsp3) is 0.316. The van der Waals surface area contributed by atoms with Crippen molar-refractivity contribution in [3.05, 3.63) is 52.0 Å². The van der Waals surface area contributed by atoms with E-state index in [2.05, 4.69) is 17.4 Å². The molecule has 4 nitrogen and oxygen atoms in total. The first-order chi connectivity index (χ1) is 11.6. The van der Waals surface area contributed by atoms with Crippen LogP contribution in [-0.2, 0) is 24.1 Å². The summed E-state index contributed by atoms with van der Waals surface area (Å²) in [5.41, 5.74) is 4.34. The zero-order valence-electron chi connectivity index (χ0n) is 13.8. The number of hydrogen-bond acceptors (Lipinski definition) is 3. The lowest BCUT2D eigenvalue weighted by Gasteiger charge is -2.13. The van der Waals surface area contributed by atoms with Crippen LogP contribution >= 0.6 is 11.6 Å². The molecule has 0 spiro atoms. The van der Waals surface area contributed by atoms with E-state index >= 15 is 0 Å². The number of carbonyl (C=O) groups is 1. The van der Waals surface area contributed by atoms with Crippen LogP contribution in [0.2, 0.25) is 5.02 Å². The molecule has 126 valence electrons. The number of amides is 1. The van der Waals surface area contributed by atoms with Crippen molar-refractivity contribution in [3.63, 3.8) is 0 Å². The molecule has 0 saturated heterocycles. The van der Waals surface area contributed by atoms with Crippen molar-refractivity contribution in [2.24, 2.45) is 0 Å². The van der Waals surface area contributed by atoms with Crippen LogP contribution in [0.5, 0.6) is 11.5 Å². The number of hydrogen-bond donors (Lipinski definition) is 1. The molecule has 2 aromatic carbocycles. The van der Waals surface area contributed by atoms with Gasteiger partial charge in [-0.05, 0) is 36.0 Å². The van der Waals surface area contributed by atoms with Crippen molar-refractivity contribution in [3.8, 4) is 11.5 Å². The van der Waals surface area contributed by atoms with E-state index in [0.717, 1.165) is 18.4 Å². The van der Waals surface area contributed by atoms with Gasteiger partial charge in [0, 0.05) is 12.1 Å². The van der Waals surface area contributed by atoms with Crippen molar-refractivity contribution in [2.75, 3.05) is 19.5 Å². The Labute approximate surface area is 146 Å². The van der Waals surface area contributed by atoms with E-state index in [0.29, 0.717) is 28.6 Å². The zero-order valence-corrected chi connectivity index (χ0v) is 14.6. The van der Waals surface area contributed by atoms with E-state index < -0.39 is 0 Å². The van der Waals surface area contributed by atoms with Crippen LogP contribution < -0.4 is 14.8 Å². The first kappa shape index (κ1) is 16.7. The van der Waals surface area contributed by atoms with Crippen LogP contribution in [-0.4, -0.2) is 20.1 Å². The SMILES string of the molecule is COc1cc(NC(=O)Cc2ccc3c(c2)CCC3)c(OC)cc1Cl. The number of anilines is 1. The number of benzene rings is 2. The minimum Gasteiger partial charge on any atom is -0.495 e. The second-order valence-electron chi connectivity index (χ2n) is 5.87. The van der Waals surface area contributed by atoms with Crippen LogP contribution in [0.25, 0.3) is 0 Å². The van der Waals surface area contributed by atoms with Crippen molar-refractivity contribution >= 4 is 23.2 Å². The molecule has 0 heterocycles. The molecule has 3 rings (SSSR count). The number of methoxy groups -OCH3 is 2. The first-order valence-electron chi connectivity index (χ1n) is 7.92. The van der Waals surface area contributed by atoms with Gasteiger partial charge in [-0.2, -0.15) is 0 Å². The average molecular weight is 346 g/mol. The van der Waals surface area contributed by atoms with Gasteiger partial charge < -0.3 is 14.8 Å². The summed E-state index contributed by atoms with van der Waals surface area (Å²) in [5, 5.41) is 3.31. The predicted molar refractivity (Wildman–Crippen MR) is 95.4 cm³/mol. The molecule has 0 aliphatic heterocycles. The number of fused-ring (bicyclic) bond motifs is 1. The molecule has 1 aliphatic rings. The van der Waals surface area contributed by atoms with Gasteiger partial charge in [-0.15, -0.1) is 0 Å².